The second kappa shape index (κ2) is 6.88. The second-order valence-corrected chi connectivity index (χ2v) is 4.56. The molecule has 0 saturated carbocycles. The molecule has 0 aliphatic heterocycles. The Hall–Kier alpha value is -2.37. The third kappa shape index (κ3) is 3.81. The van der Waals surface area contributed by atoms with E-state index in [1.807, 2.05) is 6.92 Å². The summed E-state index contributed by atoms with van der Waals surface area (Å²) in [6.07, 6.45) is 1.70. The van der Waals surface area contributed by atoms with Gasteiger partial charge in [0.1, 0.15) is 0 Å². The maximum atomic E-state index is 11.3. The van der Waals surface area contributed by atoms with Crippen molar-refractivity contribution in [2.75, 3.05) is 7.11 Å². The molecule has 0 saturated heterocycles. The van der Waals surface area contributed by atoms with E-state index in [0.29, 0.717) is 28.8 Å². The number of aromatic nitrogens is 2. The van der Waals surface area contributed by atoms with Crippen LogP contribution in [-0.2, 0) is 13.0 Å². The van der Waals surface area contributed by atoms with Gasteiger partial charge in [-0.15, -0.1) is 0 Å². The van der Waals surface area contributed by atoms with Crippen LogP contribution in [0.4, 0.5) is 0 Å². The summed E-state index contributed by atoms with van der Waals surface area (Å²) >= 11 is 0. The number of carbonyl (C=O) groups is 1. The van der Waals surface area contributed by atoms with E-state index in [1.54, 1.807) is 18.2 Å². The van der Waals surface area contributed by atoms with Crippen molar-refractivity contribution in [2.24, 2.45) is 0 Å². The van der Waals surface area contributed by atoms with Gasteiger partial charge in [0.2, 0.25) is 11.7 Å². The fraction of sp³-hybridized carbons (Fsp3) is 0.400. The van der Waals surface area contributed by atoms with E-state index in [0.717, 1.165) is 12.8 Å². The van der Waals surface area contributed by atoms with Gasteiger partial charge in [0.05, 0.1) is 7.11 Å². The highest BCUT2D eigenvalue weighted by Gasteiger charge is 2.11. The van der Waals surface area contributed by atoms with Crippen LogP contribution < -0.4 is 9.47 Å². The van der Waals surface area contributed by atoms with E-state index in [-0.39, 0.29) is 12.4 Å². The first kappa shape index (κ1) is 15.0. The molecule has 0 spiro atoms. The minimum Gasteiger partial charge on any atom is -0.493 e. The molecule has 6 heteroatoms. The molecule has 0 bridgehead atoms. The highest BCUT2D eigenvalue weighted by atomic mass is 16.5. The van der Waals surface area contributed by atoms with Crippen LogP contribution in [0.1, 0.15) is 42.3 Å². The Labute approximate surface area is 123 Å². The molecule has 1 heterocycles. The normalized spacial score (nSPS) is 10.4. The molecule has 2 aromatic rings. The molecule has 1 aromatic heterocycles. The van der Waals surface area contributed by atoms with Crippen LogP contribution in [0.3, 0.4) is 0 Å². The molecule has 0 atom stereocenters. The third-order valence-corrected chi connectivity index (χ3v) is 2.90. The first-order valence-electron chi connectivity index (χ1n) is 6.77. The standard InChI is InChI=1S/C15H18N2O4/c1-4-5-15-16-14(17-21-15)9-20-12-7-6-11(10(2)18)8-13(12)19-3/h6-8H,4-5,9H2,1-3H3. The Morgan fingerprint density at radius 1 is 1.33 bits per heavy atom. The average Bonchev–Trinajstić information content (AvgIpc) is 2.93. The first-order valence-corrected chi connectivity index (χ1v) is 6.77. The predicted molar refractivity (Wildman–Crippen MR) is 75.6 cm³/mol. The van der Waals surface area contributed by atoms with E-state index in [1.165, 1.54) is 14.0 Å². The van der Waals surface area contributed by atoms with Crippen molar-refractivity contribution >= 4 is 5.78 Å². The molecule has 6 nitrogen and oxygen atoms in total. The summed E-state index contributed by atoms with van der Waals surface area (Å²) in [6, 6.07) is 5.04. The van der Waals surface area contributed by atoms with Crippen molar-refractivity contribution in [2.45, 2.75) is 33.3 Å². The van der Waals surface area contributed by atoms with Crippen molar-refractivity contribution in [1.82, 2.24) is 10.1 Å². The third-order valence-electron chi connectivity index (χ3n) is 2.90. The van der Waals surface area contributed by atoms with E-state index in [2.05, 4.69) is 10.1 Å². The monoisotopic (exact) mass is 290 g/mol. The molecule has 0 N–H and O–H groups in total. The van der Waals surface area contributed by atoms with Crippen LogP contribution in [0, 0.1) is 0 Å². The summed E-state index contributed by atoms with van der Waals surface area (Å²) in [5, 5.41) is 3.85. The number of aryl methyl sites for hydroxylation is 1. The summed E-state index contributed by atoms with van der Waals surface area (Å²) in [5.74, 6) is 2.10. The average molecular weight is 290 g/mol. The SMILES string of the molecule is CCCc1nc(COc2ccc(C(C)=O)cc2OC)no1. The molecule has 0 aliphatic carbocycles. The molecule has 0 radical (unpaired) electrons. The predicted octanol–water partition coefficient (Wildman–Crippen LogP) is 2.81. The smallest absolute Gasteiger partial charge is 0.226 e. The van der Waals surface area contributed by atoms with Crippen LogP contribution in [0.5, 0.6) is 11.5 Å². The zero-order chi connectivity index (χ0) is 15.2. The number of hydrogen-bond acceptors (Lipinski definition) is 6. The fourth-order valence-electron chi connectivity index (χ4n) is 1.81. The molecule has 21 heavy (non-hydrogen) atoms. The van der Waals surface area contributed by atoms with Crippen molar-refractivity contribution < 1.29 is 18.8 Å². The summed E-state index contributed by atoms with van der Waals surface area (Å²) < 4.78 is 15.9. The van der Waals surface area contributed by atoms with Gasteiger partial charge in [-0.1, -0.05) is 12.1 Å². The van der Waals surface area contributed by atoms with Crippen LogP contribution in [0.2, 0.25) is 0 Å². The van der Waals surface area contributed by atoms with Crippen LogP contribution in [0.25, 0.3) is 0 Å². The van der Waals surface area contributed by atoms with E-state index < -0.39 is 0 Å². The Morgan fingerprint density at radius 2 is 2.14 bits per heavy atom. The van der Waals surface area contributed by atoms with E-state index >= 15 is 0 Å². The van der Waals surface area contributed by atoms with Gasteiger partial charge in [-0.2, -0.15) is 4.98 Å². The maximum absolute atomic E-state index is 11.3. The number of Topliss-reactive ketones (excluding diaryl/α,β-unsaturated/α-hetero) is 1. The van der Waals surface area contributed by atoms with Gasteiger partial charge >= 0.3 is 0 Å². The zero-order valence-electron chi connectivity index (χ0n) is 12.4. The van der Waals surface area contributed by atoms with Gasteiger partial charge in [-0.3, -0.25) is 4.79 Å². The lowest BCUT2D eigenvalue weighted by Gasteiger charge is -2.10. The lowest BCUT2D eigenvalue weighted by atomic mass is 10.1. The van der Waals surface area contributed by atoms with Crippen LogP contribution >= 0.6 is 0 Å². The van der Waals surface area contributed by atoms with Crippen molar-refractivity contribution in [1.29, 1.82) is 0 Å². The van der Waals surface area contributed by atoms with Crippen molar-refractivity contribution in [3.63, 3.8) is 0 Å². The molecule has 0 amide bonds. The van der Waals surface area contributed by atoms with Crippen molar-refractivity contribution in [3.8, 4) is 11.5 Å². The molecular formula is C15H18N2O4. The Morgan fingerprint density at radius 3 is 2.81 bits per heavy atom. The molecule has 2 rings (SSSR count). The molecule has 112 valence electrons. The molecule has 0 fully saturated rings. The Kier molecular flexibility index (Phi) is 4.92. The number of nitrogens with zero attached hydrogens (tertiary/aromatic N) is 2. The Balaban J connectivity index is 2.06. The van der Waals surface area contributed by atoms with E-state index in [4.69, 9.17) is 14.0 Å². The van der Waals surface area contributed by atoms with Gasteiger partial charge in [0.25, 0.3) is 0 Å². The Bertz CT molecular complexity index is 622. The van der Waals surface area contributed by atoms with Gasteiger partial charge in [0, 0.05) is 12.0 Å². The summed E-state index contributed by atoms with van der Waals surface area (Å²) in [6.45, 7) is 3.73. The minimum atomic E-state index is -0.0257. The summed E-state index contributed by atoms with van der Waals surface area (Å²) in [5.41, 5.74) is 0.573. The highest BCUT2D eigenvalue weighted by molar-refractivity contribution is 5.94. The maximum Gasteiger partial charge on any atom is 0.226 e. The van der Waals surface area contributed by atoms with Gasteiger partial charge in [-0.05, 0) is 31.5 Å². The second-order valence-electron chi connectivity index (χ2n) is 4.56. The number of benzene rings is 1. The molecule has 1 aromatic carbocycles. The van der Waals surface area contributed by atoms with Gasteiger partial charge in [-0.25, -0.2) is 0 Å². The number of ketones is 1. The summed E-state index contributed by atoms with van der Waals surface area (Å²) in [4.78, 5) is 15.6. The largest absolute Gasteiger partial charge is 0.493 e. The quantitative estimate of drug-likeness (QED) is 0.730. The molecule has 0 aliphatic rings. The molecule has 0 unspecified atom stereocenters. The van der Waals surface area contributed by atoms with Gasteiger partial charge < -0.3 is 14.0 Å². The number of ether oxygens (including phenoxy) is 2. The number of hydrogen-bond donors (Lipinski definition) is 0. The van der Waals surface area contributed by atoms with E-state index in [9.17, 15) is 4.79 Å². The van der Waals surface area contributed by atoms with Crippen molar-refractivity contribution in [3.05, 3.63) is 35.5 Å². The number of carbonyl (C=O) groups excluding carboxylic acids is 1. The van der Waals surface area contributed by atoms with Gasteiger partial charge in [0.15, 0.2) is 23.9 Å². The van der Waals surface area contributed by atoms with Crippen LogP contribution in [-0.4, -0.2) is 23.0 Å². The number of rotatable bonds is 7. The lowest BCUT2D eigenvalue weighted by Crippen LogP contribution is -2.01. The lowest BCUT2D eigenvalue weighted by molar-refractivity contribution is 0.101. The zero-order valence-corrected chi connectivity index (χ0v) is 12.4. The first-order chi connectivity index (χ1) is 10.1. The fourth-order valence-corrected chi connectivity index (χ4v) is 1.81. The minimum absolute atomic E-state index is 0.0257. The highest BCUT2D eigenvalue weighted by Crippen LogP contribution is 2.28. The van der Waals surface area contributed by atoms with Crippen LogP contribution in [0.15, 0.2) is 22.7 Å². The number of methoxy groups -OCH3 is 1. The summed E-state index contributed by atoms with van der Waals surface area (Å²) in [7, 11) is 1.53. The molecular weight excluding hydrogens is 272 g/mol. The topological polar surface area (TPSA) is 74.5 Å².